The van der Waals surface area contributed by atoms with Crippen LogP contribution in [0.2, 0.25) is 30.8 Å². The molecule has 2 saturated heterocycles. The average Bonchev–Trinajstić information content (AvgIpc) is 3.44. The monoisotopic (exact) mass is 748 g/mol. The summed E-state index contributed by atoms with van der Waals surface area (Å²) < 4.78 is 19.2. The molecular weight excluding hydrogens is 700 g/mol. The van der Waals surface area contributed by atoms with Crippen molar-refractivity contribution >= 4 is 54.2 Å². The number of hydrogen-bond donors (Lipinski definition) is 2. The minimum atomic E-state index is -1.25. The SMILES string of the molecule is CC(C)(C)OC(=O)NC1CN(Cc2ccc(C(=O)Nc3ccc(-c4cc5c(N6CCOCC6)ncnc5n4COCC[Si](C)(C)C)cc3)nc2Cl)C1. The van der Waals surface area contributed by atoms with E-state index in [2.05, 4.69) is 65.7 Å². The smallest absolute Gasteiger partial charge is 0.407 e. The van der Waals surface area contributed by atoms with E-state index in [1.54, 1.807) is 12.4 Å². The van der Waals surface area contributed by atoms with E-state index in [-0.39, 0.29) is 22.8 Å². The summed E-state index contributed by atoms with van der Waals surface area (Å²) in [6, 6.07) is 14.4. The van der Waals surface area contributed by atoms with Crippen LogP contribution in [0.15, 0.2) is 48.8 Å². The predicted octanol–water partition coefficient (Wildman–Crippen LogP) is 6.26. The molecular formula is C37H49ClN8O5Si. The van der Waals surface area contributed by atoms with Gasteiger partial charge in [0.15, 0.2) is 0 Å². The van der Waals surface area contributed by atoms with Crippen LogP contribution in [-0.4, -0.2) is 102 Å². The molecule has 0 radical (unpaired) electrons. The second kappa shape index (κ2) is 15.9. The van der Waals surface area contributed by atoms with Crippen LogP contribution in [0.5, 0.6) is 0 Å². The molecule has 13 nitrogen and oxygen atoms in total. The maximum absolute atomic E-state index is 13.2. The molecule has 4 aromatic rings. The number of carbonyl (C=O) groups excluding carboxylic acids is 2. The number of alkyl carbamates (subject to hydrolysis) is 1. The van der Waals surface area contributed by atoms with Gasteiger partial charge >= 0.3 is 6.09 Å². The minimum absolute atomic E-state index is 0.00995. The number of fused-ring (bicyclic) bond motifs is 1. The van der Waals surface area contributed by atoms with E-state index in [1.807, 2.05) is 51.1 Å². The largest absolute Gasteiger partial charge is 0.444 e. The van der Waals surface area contributed by atoms with Crippen LogP contribution in [0.1, 0.15) is 36.8 Å². The van der Waals surface area contributed by atoms with Gasteiger partial charge in [0.25, 0.3) is 5.91 Å². The molecule has 0 spiro atoms. The number of carbonyl (C=O) groups is 2. The van der Waals surface area contributed by atoms with Gasteiger partial charge in [-0.25, -0.2) is 19.7 Å². The third-order valence-corrected chi connectivity index (χ3v) is 10.9. The quantitative estimate of drug-likeness (QED) is 0.0972. The van der Waals surface area contributed by atoms with E-state index in [0.717, 1.165) is 52.8 Å². The van der Waals surface area contributed by atoms with Crippen LogP contribution in [0.25, 0.3) is 22.3 Å². The highest BCUT2D eigenvalue weighted by Crippen LogP contribution is 2.33. The molecule has 3 aromatic heterocycles. The summed E-state index contributed by atoms with van der Waals surface area (Å²) in [7, 11) is -1.25. The number of likely N-dealkylation sites (tertiary alicyclic amines) is 1. The van der Waals surface area contributed by atoms with E-state index < -0.39 is 19.8 Å². The lowest BCUT2D eigenvalue weighted by atomic mass is 10.1. The summed E-state index contributed by atoms with van der Waals surface area (Å²) >= 11 is 6.52. The maximum atomic E-state index is 13.2. The van der Waals surface area contributed by atoms with Crippen LogP contribution in [-0.2, 0) is 27.5 Å². The molecule has 278 valence electrons. The first-order valence-electron chi connectivity index (χ1n) is 17.8. The Balaban J connectivity index is 1.11. The number of aromatic nitrogens is 4. The van der Waals surface area contributed by atoms with Gasteiger partial charge in [-0.3, -0.25) is 9.69 Å². The Labute approximate surface area is 311 Å². The van der Waals surface area contributed by atoms with E-state index in [4.69, 9.17) is 25.8 Å². The molecule has 0 atom stereocenters. The van der Waals surface area contributed by atoms with Crippen LogP contribution < -0.4 is 15.5 Å². The molecule has 5 heterocycles. The molecule has 6 rings (SSSR count). The highest BCUT2D eigenvalue weighted by molar-refractivity contribution is 6.76. The summed E-state index contributed by atoms with van der Waals surface area (Å²) in [5.41, 5.74) is 3.83. The first-order valence-corrected chi connectivity index (χ1v) is 21.8. The number of hydrogen-bond acceptors (Lipinski definition) is 10. The average molecular weight is 749 g/mol. The fraction of sp³-hybridized carbons (Fsp3) is 0.486. The maximum Gasteiger partial charge on any atom is 0.407 e. The molecule has 2 fully saturated rings. The van der Waals surface area contributed by atoms with Crippen molar-refractivity contribution in [2.45, 2.75) is 71.4 Å². The van der Waals surface area contributed by atoms with E-state index in [0.29, 0.717) is 51.9 Å². The Morgan fingerprint density at radius 1 is 1.04 bits per heavy atom. The number of morpholine rings is 1. The molecule has 0 bridgehead atoms. The van der Waals surface area contributed by atoms with Gasteiger partial charge in [0.05, 0.1) is 30.3 Å². The number of benzene rings is 1. The van der Waals surface area contributed by atoms with E-state index >= 15 is 0 Å². The number of anilines is 2. The van der Waals surface area contributed by atoms with Gasteiger partial charge in [-0.1, -0.05) is 49.4 Å². The fourth-order valence-electron chi connectivity index (χ4n) is 6.11. The molecule has 2 amide bonds. The fourth-order valence-corrected chi connectivity index (χ4v) is 7.08. The van der Waals surface area contributed by atoms with Crippen molar-refractivity contribution in [2.75, 3.05) is 56.2 Å². The van der Waals surface area contributed by atoms with Crippen LogP contribution >= 0.6 is 11.6 Å². The minimum Gasteiger partial charge on any atom is -0.444 e. The van der Waals surface area contributed by atoms with Crippen LogP contribution in [0.4, 0.5) is 16.3 Å². The van der Waals surface area contributed by atoms with Crippen LogP contribution in [0.3, 0.4) is 0 Å². The Morgan fingerprint density at radius 3 is 2.44 bits per heavy atom. The number of ether oxygens (including phenoxy) is 3. The van der Waals surface area contributed by atoms with Gasteiger partial charge in [-0.2, -0.15) is 0 Å². The molecule has 0 saturated carbocycles. The number of halogens is 1. The number of rotatable bonds is 12. The topological polar surface area (TPSA) is 136 Å². The standard InChI is InChI=1S/C37H49ClN8O5Si/c1-37(2,3)51-36(48)42-28-21-44(22-28)20-26-9-12-30(43-32(26)38)35(47)41-27-10-7-25(8-11-27)31-19-29-33(45-13-15-49-16-14-45)39-23-40-34(29)46(31)24-50-17-18-52(4,5)6/h7-12,19,23,28H,13-18,20-22,24H2,1-6H3,(H,41,47)(H,42,48). The Bertz CT molecular complexity index is 1880. The molecule has 15 heteroatoms. The number of nitrogens with zero attached hydrogens (tertiary/aromatic N) is 6. The first-order chi connectivity index (χ1) is 24.7. The third kappa shape index (κ3) is 9.66. The summed E-state index contributed by atoms with van der Waals surface area (Å²) in [6.07, 6.45) is 1.20. The zero-order valence-electron chi connectivity index (χ0n) is 30.9. The van der Waals surface area contributed by atoms with Crippen molar-refractivity contribution < 1.29 is 23.8 Å². The van der Waals surface area contributed by atoms with Gasteiger partial charge in [0.2, 0.25) is 0 Å². The molecule has 52 heavy (non-hydrogen) atoms. The second-order valence-electron chi connectivity index (χ2n) is 15.6. The summed E-state index contributed by atoms with van der Waals surface area (Å²) in [6.45, 7) is 18.3. The molecule has 1 aromatic carbocycles. The summed E-state index contributed by atoms with van der Waals surface area (Å²) in [5.74, 6) is 0.530. The van der Waals surface area contributed by atoms with Crippen molar-refractivity contribution in [1.29, 1.82) is 0 Å². The second-order valence-corrected chi connectivity index (χ2v) is 21.5. The van der Waals surface area contributed by atoms with Gasteiger partial charge < -0.3 is 34.3 Å². The van der Waals surface area contributed by atoms with E-state index in [1.165, 1.54) is 0 Å². The first kappa shape index (κ1) is 37.7. The van der Waals surface area contributed by atoms with Gasteiger partial charge in [-0.05, 0) is 56.6 Å². The number of nitrogens with one attached hydrogen (secondary N) is 2. The lowest BCUT2D eigenvalue weighted by Crippen LogP contribution is -2.59. The third-order valence-electron chi connectivity index (χ3n) is 8.87. The van der Waals surface area contributed by atoms with Gasteiger partial charge in [0, 0.05) is 58.7 Å². The van der Waals surface area contributed by atoms with Crippen LogP contribution in [0, 0.1) is 0 Å². The van der Waals surface area contributed by atoms with Gasteiger partial charge in [0.1, 0.15) is 41.0 Å². The van der Waals surface area contributed by atoms with Gasteiger partial charge in [-0.15, -0.1) is 0 Å². The lowest BCUT2D eigenvalue weighted by molar-refractivity contribution is 0.0392. The molecule has 0 aliphatic carbocycles. The van der Waals surface area contributed by atoms with Crippen molar-refractivity contribution in [2.24, 2.45) is 0 Å². The predicted molar refractivity (Wildman–Crippen MR) is 206 cm³/mol. The highest BCUT2D eigenvalue weighted by Gasteiger charge is 2.30. The Kier molecular flexibility index (Phi) is 11.5. The molecule has 2 aliphatic heterocycles. The van der Waals surface area contributed by atoms with Crippen molar-refractivity contribution in [1.82, 2.24) is 29.7 Å². The number of pyridine rings is 1. The van der Waals surface area contributed by atoms with Crippen molar-refractivity contribution in [3.05, 3.63) is 65.2 Å². The Morgan fingerprint density at radius 2 is 1.77 bits per heavy atom. The molecule has 0 unspecified atom stereocenters. The zero-order chi connectivity index (χ0) is 37.0. The Hall–Kier alpha value is -4.08. The zero-order valence-corrected chi connectivity index (χ0v) is 32.6. The summed E-state index contributed by atoms with van der Waals surface area (Å²) in [4.78, 5) is 43.4. The molecule has 2 aliphatic rings. The van der Waals surface area contributed by atoms with Crippen molar-refractivity contribution in [3.8, 4) is 11.3 Å². The normalized spacial score (nSPS) is 15.8. The lowest BCUT2D eigenvalue weighted by Gasteiger charge is -2.39. The molecule has 2 N–H and O–H groups in total. The highest BCUT2D eigenvalue weighted by atomic mass is 35.5. The number of amides is 2. The van der Waals surface area contributed by atoms with Crippen molar-refractivity contribution in [3.63, 3.8) is 0 Å². The van der Waals surface area contributed by atoms with E-state index in [9.17, 15) is 9.59 Å². The summed E-state index contributed by atoms with van der Waals surface area (Å²) in [5, 5.41) is 7.06.